The lowest BCUT2D eigenvalue weighted by atomic mass is 10.2. The smallest absolute Gasteiger partial charge is 0.287 e. The van der Waals surface area contributed by atoms with Crippen molar-refractivity contribution >= 4 is 33.9 Å². The maximum absolute atomic E-state index is 13.6. The highest BCUT2D eigenvalue weighted by Gasteiger charge is 2.36. The average molecular weight is 387 g/mol. The van der Waals surface area contributed by atoms with E-state index in [1.165, 1.54) is 28.5 Å². The summed E-state index contributed by atoms with van der Waals surface area (Å²) in [5.74, 6) is -0.808. The second-order valence-corrected chi connectivity index (χ2v) is 7.43. The Morgan fingerprint density at radius 2 is 1.85 bits per heavy atom. The molecule has 0 radical (unpaired) electrons. The van der Waals surface area contributed by atoms with Crippen LogP contribution in [0.2, 0.25) is 0 Å². The van der Waals surface area contributed by atoms with Crippen LogP contribution in [0.3, 0.4) is 0 Å². The number of hydrazine groups is 1. The first kappa shape index (κ1) is 17.2. The van der Waals surface area contributed by atoms with E-state index in [4.69, 9.17) is 0 Å². The molecule has 0 unspecified atom stereocenters. The van der Waals surface area contributed by atoms with Crippen molar-refractivity contribution in [2.45, 2.75) is 11.4 Å². The molecule has 0 saturated carbocycles. The van der Waals surface area contributed by atoms with Gasteiger partial charge in [0.25, 0.3) is 16.0 Å². The molecule has 138 valence electrons. The number of carbonyl (C=O) groups is 1. The van der Waals surface area contributed by atoms with Crippen molar-refractivity contribution in [3.8, 4) is 0 Å². The zero-order chi connectivity index (χ0) is 19.0. The molecule has 2 aromatic carbocycles. The number of nitrogens with zero attached hydrogens (tertiary/aromatic N) is 4. The number of fused-ring (bicyclic) bond motifs is 3. The summed E-state index contributed by atoms with van der Waals surface area (Å²) in [6.07, 6.45) is 1.33. The highest BCUT2D eigenvalue weighted by molar-refractivity contribution is 7.90. The number of amides is 1. The van der Waals surface area contributed by atoms with E-state index in [9.17, 15) is 17.6 Å². The fraction of sp³-hybridized carbons (Fsp3) is 0.118. The molecule has 0 aliphatic carbocycles. The van der Waals surface area contributed by atoms with Crippen LogP contribution in [0, 0.1) is 5.82 Å². The number of sulfonamides is 1. The minimum absolute atomic E-state index is 0.0318. The molecule has 0 spiro atoms. The molecule has 2 aliphatic heterocycles. The molecule has 0 atom stereocenters. The van der Waals surface area contributed by atoms with Crippen LogP contribution in [-0.2, 0) is 21.4 Å². The second kappa shape index (κ2) is 6.47. The molecule has 1 N–H and O–H groups in total. The predicted octanol–water partition coefficient (Wildman–Crippen LogP) is 1.27. The lowest BCUT2D eigenvalue weighted by molar-refractivity contribution is -0.121. The summed E-state index contributed by atoms with van der Waals surface area (Å²) in [4.78, 5) is 16.3. The van der Waals surface area contributed by atoms with Gasteiger partial charge in [0.05, 0.1) is 5.69 Å². The maximum Gasteiger partial charge on any atom is 0.287 e. The maximum atomic E-state index is 13.6. The first-order chi connectivity index (χ1) is 13.0. The van der Waals surface area contributed by atoms with E-state index in [0.29, 0.717) is 11.3 Å². The lowest BCUT2D eigenvalue weighted by Gasteiger charge is -2.31. The van der Waals surface area contributed by atoms with Crippen LogP contribution in [0.5, 0.6) is 0 Å². The van der Waals surface area contributed by atoms with E-state index < -0.39 is 15.8 Å². The van der Waals surface area contributed by atoms with Gasteiger partial charge in [-0.1, -0.05) is 30.3 Å². The fourth-order valence-corrected chi connectivity index (χ4v) is 3.91. The van der Waals surface area contributed by atoms with Crippen LogP contribution < -0.4 is 10.3 Å². The minimum Gasteiger partial charge on any atom is -0.350 e. The van der Waals surface area contributed by atoms with Crippen LogP contribution in [0.4, 0.5) is 10.1 Å². The summed E-state index contributed by atoms with van der Waals surface area (Å²) < 4.78 is 41.7. The standard InChI is InChI=1S/C17H14FN5O3S/c18-13-6-2-1-5-12(13)9-19-16(24)10-22-11-20-17-21-27(25,26)15-8-4-3-7-14(15)23(17)22/h1-8,11H,9-10H2,(H,19,24). The van der Waals surface area contributed by atoms with Crippen molar-refractivity contribution in [3.05, 3.63) is 59.9 Å². The molecular formula is C17H14FN5O3S. The second-order valence-electron chi connectivity index (χ2n) is 5.86. The van der Waals surface area contributed by atoms with E-state index in [0.717, 1.165) is 0 Å². The van der Waals surface area contributed by atoms with Crippen molar-refractivity contribution in [2.24, 2.45) is 9.39 Å². The number of nitrogens with one attached hydrogen (secondary N) is 1. The zero-order valence-electron chi connectivity index (χ0n) is 13.9. The summed E-state index contributed by atoms with van der Waals surface area (Å²) >= 11 is 0. The van der Waals surface area contributed by atoms with E-state index >= 15 is 0 Å². The average Bonchev–Trinajstić information content (AvgIpc) is 3.03. The Hall–Kier alpha value is -3.27. The van der Waals surface area contributed by atoms with E-state index in [1.807, 2.05) is 0 Å². The summed E-state index contributed by atoms with van der Waals surface area (Å²) in [6.45, 7) is -0.0895. The van der Waals surface area contributed by atoms with E-state index in [1.54, 1.807) is 36.4 Å². The SMILES string of the molecule is O=C(CN1C=NC2=NS(=O)(=O)c3ccccc3N21)NCc1ccccc1F. The Morgan fingerprint density at radius 3 is 2.67 bits per heavy atom. The molecule has 0 aromatic heterocycles. The van der Waals surface area contributed by atoms with Crippen molar-refractivity contribution in [1.82, 2.24) is 10.3 Å². The van der Waals surface area contributed by atoms with Crippen LogP contribution >= 0.6 is 0 Å². The molecule has 0 fully saturated rings. The van der Waals surface area contributed by atoms with Crippen molar-refractivity contribution in [2.75, 3.05) is 11.6 Å². The van der Waals surface area contributed by atoms with Gasteiger partial charge in [0.1, 0.15) is 23.6 Å². The molecule has 1 amide bonds. The van der Waals surface area contributed by atoms with E-state index in [2.05, 4.69) is 14.7 Å². The number of anilines is 1. The van der Waals surface area contributed by atoms with Crippen LogP contribution in [0.25, 0.3) is 0 Å². The molecule has 4 rings (SSSR count). The van der Waals surface area contributed by atoms with Gasteiger partial charge < -0.3 is 5.32 Å². The molecule has 2 heterocycles. The van der Waals surface area contributed by atoms with Crippen LogP contribution in [0.15, 0.2) is 62.8 Å². The van der Waals surface area contributed by atoms with Gasteiger partial charge in [0.2, 0.25) is 5.91 Å². The van der Waals surface area contributed by atoms with Crippen molar-refractivity contribution in [3.63, 3.8) is 0 Å². The third-order valence-electron chi connectivity index (χ3n) is 4.07. The normalized spacial score (nSPS) is 16.6. The monoisotopic (exact) mass is 387 g/mol. The van der Waals surface area contributed by atoms with Gasteiger partial charge in [-0.25, -0.2) is 9.40 Å². The highest BCUT2D eigenvalue weighted by atomic mass is 32.2. The predicted molar refractivity (Wildman–Crippen MR) is 97.0 cm³/mol. The number of carbonyl (C=O) groups excluding carboxylic acids is 1. The summed E-state index contributed by atoms with van der Waals surface area (Å²) in [6, 6.07) is 12.5. The third-order valence-corrected chi connectivity index (χ3v) is 5.37. The Morgan fingerprint density at radius 1 is 1.11 bits per heavy atom. The molecule has 2 aromatic rings. The number of halogens is 1. The number of rotatable bonds is 4. The van der Waals surface area contributed by atoms with Gasteiger partial charge in [-0.15, -0.1) is 4.40 Å². The minimum atomic E-state index is -3.84. The third kappa shape index (κ3) is 3.14. The lowest BCUT2D eigenvalue weighted by Crippen LogP contribution is -2.47. The molecule has 2 aliphatic rings. The first-order valence-corrected chi connectivity index (χ1v) is 9.45. The molecule has 10 heteroatoms. The molecule has 0 saturated heterocycles. The van der Waals surface area contributed by atoms with Crippen molar-refractivity contribution in [1.29, 1.82) is 0 Å². The molecule has 27 heavy (non-hydrogen) atoms. The van der Waals surface area contributed by atoms with Crippen molar-refractivity contribution < 1.29 is 17.6 Å². The molecule has 0 bridgehead atoms. The Kier molecular flexibility index (Phi) is 4.11. The summed E-state index contributed by atoms with van der Waals surface area (Å²) in [7, 11) is -3.84. The Balaban J connectivity index is 1.51. The topological polar surface area (TPSA) is 94.4 Å². The van der Waals surface area contributed by atoms with Crippen LogP contribution in [0.1, 0.15) is 5.56 Å². The Labute approximate surface area is 154 Å². The molecular weight excluding hydrogens is 373 g/mol. The van der Waals surface area contributed by atoms with E-state index in [-0.39, 0.29) is 29.9 Å². The molecule has 8 nitrogen and oxygen atoms in total. The van der Waals surface area contributed by atoms with Gasteiger partial charge in [0.15, 0.2) is 0 Å². The number of para-hydroxylation sites is 1. The van der Waals surface area contributed by atoms with Gasteiger partial charge in [-0.3, -0.25) is 9.80 Å². The first-order valence-electron chi connectivity index (χ1n) is 8.01. The number of hydrogen-bond acceptors (Lipinski definition) is 6. The quantitative estimate of drug-likeness (QED) is 0.853. The highest BCUT2D eigenvalue weighted by Crippen LogP contribution is 2.33. The summed E-state index contributed by atoms with van der Waals surface area (Å²) in [5, 5.41) is 5.54. The van der Waals surface area contributed by atoms with Gasteiger partial charge in [-0.05, 0) is 18.2 Å². The number of hydrogen-bond donors (Lipinski definition) is 1. The fourth-order valence-electron chi connectivity index (χ4n) is 2.80. The zero-order valence-corrected chi connectivity index (χ0v) is 14.7. The largest absolute Gasteiger partial charge is 0.350 e. The number of aliphatic imine (C=N–C) groups is 1. The van der Waals surface area contributed by atoms with Gasteiger partial charge >= 0.3 is 0 Å². The van der Waals surface area contributed by atoms with Gasteiger partial charge in [-0.2, -0.15) is 13.4 Å². The van der Waals surface area contributed by atoms with Crippen LogP contribution in [-0.4, -0.2) is 38.2 Å². The van der Waals surface area contributed by atoms with Gasteiger partial charge in [0, 0.05) is 12.1 Å². The number of guanidine groups is 1. The number of benzene rings is 2. The Bertz CT molecular complexity index is 1080. The summed E-state index contributed by atoms with van der Waals surface area (Å²) in [5.41, 5.74) is 0.736.